The van der Waals surface area contributed by atoms with E-state index in [2.05, 4.69) is 45.8 Å². The first-order valence-corrected chi connectivity index (χ1v) is 8.65. The average Bonchev–Trinajstić information content (AvgIpc) is 2.89. The van der Waals surface area contributed by atoms with Gasteiger partial charge in [0.1, 0.15) is 10.7 Å². The lowest BCUT2D eigenvalue weighted by Crippen LogP contribution is -2.16. The lowest BCUT2D eigenvalue weighted by molar-refractivity contribution is 0.601. The number of anilines is 2. The Morgan fingerprint density at radius 2 is 2.25 bits per heavy atom. The van der Waals surface area contributed by atoms with Crippen LogP contribution >= 0.6 is 27.5 Å². The largest absolute Gasteiger partial charge is 0.369 e. The minimum atomic E-state index is -3.80. The Bertz CT molecular complexity index is 676. The number of rotatable bonds is 6. The number of hydrogen-bond donors (Lipinski definition) is 2. The molecular weight excluding hydrogens is 368 g/mol. The van der Waals surface area contributed by atoms with Gasteiger partial charge in [-0.2, -0.15) is 0 Å². The van der Waals surface area contributed by atoms with Crippen molar-refractivity contribution in [2.45, 2.75) is 18.2 Å². The molecule has 2 heterocycles. The molecule has 2 rings (SSSR count). The Balaban J connectivity index is 2.36. The van der Waals surface area contributed by atoms with Gasteiger partial charge in [-0.1, -0.05) is 16.5 Å². The lowest BCUT2D eigenvalue weighted by Gasteiger charge is -2.11. The molecule has 8 nitrogen and oxygen atoms in total. The van der Waals surface area contributed by atoms with Crippen molar-refractivity contribution in [1.82, 2.24) is 19.8 Å². The van der Waals surface area contributed by atoms with Crippen molar-refractivity contribution in [3.8, 4) is 0 Å². The third kappa shape index (κ3) is 3.61. The van der Waals surface area contributed by atoms with Crippen LogP contribution in [0.3, 0.4) is 0 Å². The summed E-state index contributed by atoms with van der Waals surface area (Å²) in [6, 6.07) is 1.47. The van der Waals surface area contributed by atoms with Gasteiger partial charge < -0.3 is 5.32 Å². The van der Waals surface area contributed by atoms with Gasteiger partial charge in [-0.3, -0.25) is 4.72 Å². The highest BCUT2D eigenvalue weighted by Crippen LogP contribution is 2.25. The molecule has 0 aliphatic rings. The zero-order chi connectivity index (χ0) is 14.6. The second-order valence-corrected chi connectivity index (χ2v) is 7.00. The van der Waals surface area contributed by atoms with Gasteiger partial charge in [-0.25, -0.2) is 13.4 Å². The molecule has 0 aromatic carbocycles. The molecule has 0 aliphatic carbocycles. The number of nitrogens with zero attached hydrogens (tertiary/aromatic N) is 4. The fourth-order valence-corrected chi connectivity index (χ4v) is 3.57. The Labute approximate surface area is 128 Å². The first-order chi connectivity index (χ1) is 9.53. The molecule has 108 valence electrons. The average molecular weight is 379 g/mol. The number of nitrogens with one attached hydrogen (secondary N) is 2. The third-order valence-corrected chi connectivity index (χ3v) is 4.60. The summed E-state index contributed by atoms with van der Waals surface area (Å²) in [4.78, 5) is 4.12. The molecule has 2 N–H and O–H groups in total. The summed E-state index contributed by atoms with van der Waals surface area (Å²) in [5, 5.41) is 9.98. The third-order valence-electron chi connectivity index (χ3n) is 2.17. The predicted octanol–water partition coefficient (Wildman–Crippen LogP) is 1.71. The van der Waals surface area contributed by atoms with Gasteiger partial charge in [-0.05, 0) is 33.6 Å². The van der Waals surface area contributed by atoms with Gasteiger partial charge in [0.15, 0.2) is 0 Å². The fraction of sp³-hybridized carbons (Fsp3) is 0.333. The molecule has 20 heavy (non-hydrogen) atoms. The van der Waals surface area contributed by atoms with E-state index in [-0.39, 0.29) is 10.0 Å². The quantitative estimate of drug-likeness (QED) is 0.786. The molecular formula is C9H11BrN6O2S2. The molecule has 2 aromatic heterocycles. The van der Waals surface area contributed by atoms with Gasteiger partial charge in [-0.15, -0.1) is 0 Å². The van der Waals surface area contributed by atoms with Crippen LogP contribution in [0.25, 0.3) is 0 Å². The minimum Gasteiger partial charge on any atom is -0.369 e. The van der Waals surface area contributed by atoms with Crippen molar-refractivity contribution in [3.63, 3.8) is 0 Å². The van der Waals surface area contributed by atoms with Gasteiger partial charge in [0.2, 0.25) is 5.13 Å². The van der Waals surface area contributed by atoms with E-state index in [0.717, 1.165) is 18.0 Å². The number of hydrogen-bond acceptors (Lipinski definition) is 8. The van der Waals surface area contributed by atoms with Crippen molar-refractivity contribution < 1.29 is 8.42 Å². The van der Waals surface area contributed by atoms with E-state index in [9.17, 15) is 8.42 Å². The zero-order valence-corrected chi connectivity index (χ0v) is 13.6. The summed E-state index contributed by atoms with van der Waals surface area (Å²) in [7, 11) is -3.80. The zero-order valence-electron chi connectivity index (χ0n) is 10.4. The highest BCUT2D eigenvalue weighted by molar-refractivity contribution is 9.10. The molecule has 0 bridgehead atoms. The molecule has 0 atom stereocenters. The maximum absolute atomic E-state index is 12.3. The van der Waals surface area contributed by atoms with Crippen molar-refractivity contribution in [2.75, 3.05) is 16.6 Å². The topological polar surface area (TPSA) is 110 Å². The van der Waals surface area contributed by atoms with E-state index in [1.165, 1.54) is 12.3 Å². The Kier molecular flexibility index (Phi) is 4.83. The minimum absolute atomic E-state index is 0.0375. The lowest BCUT2D eigenvalue weighted by atomic mass is 10.4. The van der Waals surface area contributed by atoms with Crippen LogP contribution in [-0.4, -0.2) is 34.7 Å². The van der Waals surface area contributed by atoms with Gasteiger partial charge >= 0.3 is 0 Å². The van der Waals surface area contributed by atoms with Crippen LogP contribution in [0, 0.1) is 0 Å². The Hall–Kier alpha value is -1.33. The fourth-order valence-electron chi connectivity index (χ4n) is 1.34. The van der Waals surface area contributed by atoms with Crippen molar-refractivity contribution in [1.29, 1.82) is 0 Å². The molecule has 11 heteroatoms. The Morgan fingerprint density at radius 1 is 1.45 bits per heavy atom. The van der Waals surface area contributed by atoms with Crippen LogP contribution in [0.2, 0.25) is 0 Å². The number of aromatic nitrogens is 4. The van der Waals surface area contributed by atoms with Crippen LogP contribution in [0.1, 0.15) is 13.3 Å². The highest BCUT2D eigenvalue weighted by atomic mass is 79.9. The van der Waals surface area contributed by atoms with Crippen LogP contribution < -0.4 is 10.0 Å². The molecule has 2 aromatic rings. The van der Waals surface area contributed by atoms with E-state index in [1.807, 2.05) is 6.92 Å². The molecule has 0 saturated carbocycles. The number of pyridine rings is 1. The highest BCUT2D eigenvalue weighted by Gasteiger charge is 2.21. The molecule has 0 fully saturated rings. The smallest absolute Gasteiger partial charge is 0.267 e. The van der Waals surface area contributed by atoms with Gasteiger partial charge in [0, 0.05) is 28.7 Å². The summed E-state index contributed by atoms with van der Waals surface area (Å²) in [5.74, 6) is 0.292. The summed E-state index contributed by atoms with van der Waals surface area (Å²) >= 11 is 4.07. The molecule has 0 radical (unpaired) electrons. The SMILES string of the molecule is CCCNc1ncc(Br)cc1S(=O)(=O)Nc1nnns1. The van der Waals surface area contributed by atoms with E-state index in [0.29, 0.717) is 16.8 Å². The van der Waals surface area contributed by atoms with Crippen LogP contribution in [0.15, 0.2) is 21.6 Å². The van der Waals surface area contributed by atoms with Gasteiger partial charge in [0.25, 0.3) is 10.0 Å². The Morgan fingerprint density at radius 3 is 2.90 bits per heavy atom. The monoisotopic (exact) mass is 378 g/mol. The molecule has 0 spiro atoms. The second-order valence-electron chi connectivity index (χ2n) is 3.70. The van der Waals surface area contributed by atoms with Crippen LogP contribution in [0.5, 0.6) is 0 Å². The van der Waals surface area contributed by atoms with Crippen LogP contribution in [-0.2, 0) is 10.0 Å². The van der Waals surface area contributed by atoms with Crippen molar-refractivity contribution in [3.05, 3.63) is 16.7 Å². The van der Waals surface area contributed by atoms with Crippen molar-refractivity contribution >= 4 is 48.4 Å². The van der Waals surface area contributed by atoms with Crippen molar-refractivity contribution in [2.24, 2.45) is 0 Å². The standard InChI is InChI=1S/C9H11BrN6O2S2/c1-2-3-11-8-7(4-6(10)5-12-8)20(17,18)14-9-13-15-16-19-9/h4-5H,2-3H2,1H3,(H,11,12)(H,13,14,16). The van der Waals surface area contributed by atoms with Gasteiger partial charge in [0.05, 0.1) is 0 Å². The molecule has 0 saturated heterocycles. The molecule has 0 aliphatic heterocycles. The van der Waals surface area contributed by atoms with E-state index in [4.69, 9.17) is 0 Å². The van der Waals surface area contributed by atoms with E-state index < -0.39 is 10.0 Å². The maximum atomic E-state index is 12.3. The summed E-state index contributed by atoms with van der Waals surface area (Å²) in [6.07, 6.45) is 2.38. The van der Waals surface area contributed by atoms with E-state index in [1.54, 1.807) is 0 Å². The molecule has 0 unspecified atom stereocenters. The first kappa shape index (κ1) is 15.1. The first-order valence-electron chi connectivity index (χ1n) is 5.60. The number of halogens is 1. The van der Waals surface area contributed by atoms with Crippen LogP contribution in [0.4, 0.5) is 10.9 Å². The predicted molar refractivity (Wildman–Crippen MR) is 79.2 cm³/mol. The summed E-state index contributed by atoms with van der Waals surface area (Å²) < 4.78 is 31.0. The maximum Gasteiger partial charge on any atom is 0.267 e. The second kappa shape index (κ2) is 6.41. The number of sulfonamides is 1. The van der Waals surface area contributed by atoms with E-state index >= 15 is 0 Å². The normalized spacial score (nSPS) is 11.3. The molecule has 0 amide bonds. The summed E-state index contributed by atoms with van der Waals surface area (Å²) in [5.41, 5.74) is 0. The summed E-state index contributed by atoms with van der Waals surface area (Å²) in [6.45, 7) is 2.60.